The topological polar surface area (TPSA) is 73.6 Å². The van der Waals surface area contributed by atoms with Gasteiger partial charge in [0.05, 0.1) is 24.9 Å². The molecule has 0 aromatic carbocycles. The van der Waals surface area contributed by atoms with Crippen molar-refractivity contribution in [1.82, 2.24) is 5.32 Å². The first kappa shape index (κ1) is 15.4. The van der Waals surface area contributed by atoms with Crippen LogP contribution in [-0.2, 0) is 14.3 Å². The molecular formula is C13H26N2O3. The van der Waals surface area contributed by atoms with Crippen LogP contribution in [-0.4, -0.2) is 44.4 Å². The number of carbonyl (C=O) groups is 1. The number of nitrogens with two attached hydrogens (primary N) is 1. The molecular weight excluding hydrogens is 232 g/mol. The van der Waals surface area contributed by atoms with Crippen molar-refractivity contribution in [2.75, 3.05) is 26.9 Å². The van der Waals surface area contributed by atoms with Gasteiger partial charge in [-0.25, -0.2) is 0 Å². The maximum Gasteiger partial charge on any atom is 0.237 e. The van der Waals surface area contributed by atoms with Gasteiger partial charge in [-0.15, -0.1) is 0 Å². The number of ether oxygens (including phenoxy) is 2. The molecule has 0 spiro atoms. The van der Waals surface area contributed by atoms with Gasteiger partial charge in [0, 0.05) is 13.0 Å². The van der Waals surface area contributed by atoms with Gasteiger partial charge < -0.3 is 20.5 Å². The predicted molar refractivity (Wildman–Crippen MR) is 70.3 cm³/mol. The van der Waals surface area contributed by atoms with E-state index in [0.717, 1.165) is 32.3 Å². The number of hydrogen-bond donors (Lipinski definition) is 2. The van der Waals surface area contributed by atoms with Crippen molar-refractivity contribution < 1.29 is 14.3 Å². The largest absolute Gasteiger partial charge is 0.379 e. The van der Waals surface area contributed by atoms with Gasteiger partial charge in [0.1, 0.15) is 0 Å². The minimum atomic E-state index is -0.590. The van der Waals surface area contributed by atoms with Crippen LogP contribution in [0.25, 0.3) is 0 Å². The fourth-order valence-corrected chi connectivity index (χ4v) is 2.46. The Morgan fingerprint density at radius 1 is 1.44 bits per heavy atom. The van der Waals surface area contributed by atoms with Crippen LogP contribution in [0.5, 0.6) is 0 Å². The molecule has 5 heteroatoms. The first-order valence-electron chi connectivity index (χ1n) is 6.83. The molecule has 1 fully saturated rings. The van der Waals surface area contributed by atoms with Crippen LogP contribution in [0.15, 0.2) is 0 Å². The standard InChI is InChI=1S/C13H26N2O3/c1-3-7-17-8-9-18-11-5-4-6-13(10-11,15-2)12(14)16/h11,15H,3-10H2,1-2H3,(H2,14,16). The van der Waals surface area contributed by atoms with E-state index < -0.39 is 5.54 Å². The summed E-state index contributed by atoms with van der Waals surface area (Å²) in [6, 6.07) is 0. The summed E-state index contributed by atoms with van der Waals surface area (Å²) in [5.74, 6) is -0.277. The van der Waals surface area contributed by atoms with Gasteiger partial charge in [-0.3, -0.25) is 4.79 Å². The van der Waals surface area contributed by atoms with Crippen molar-refractivity contribution in [3.05, 3.63) is 0 Å². The number of amides is 1. The predicted octanol–water partition coefficient (Wildman–Crippen LogP) is 0.816. The Morgan fingerprint density at radius 2 is 2.22 bits per heavy atom. The number of hydrogen-bond acceptors (Lipinski definition) is 4. The molecule has 0 aliphatic heterocycles. The fourth-order valence-electron chi connectivity index (χ4n) is 2.46. The number of primary amides is 1. The molecule has 3 N–H and O–H groups in total. The van der Waals surface area contributed by atoms with Gasteiger partial charge in [0.2, 0.25) is 5.91 Å². The summed E-state index contributed by atoms with van der Waals surface area (Å²) in [4.78, 5) is 11.5. The first-order chi connectivity index (χ1) is 8.64. The molecule has 1 amide bonds. The third-order valence-electron chi connectivity index (χ3n) is 3.59. The maximum atomic E-state index is 11.5. The normalized spacial score (nSPS) is 28.2. The van der Waals surface area contributed by atoms with Crippen LogP contribution >= 0.6 is 0 Å². The molecule has 1 rings (SSSR count). The van der Waals surface area contributed by atoms with Crippen LogP contribution in [0.3, 0.4) is 0 Å². The second-order valence-electron chi connectivity index (χ2n) is 4.90. The number of nitrogens with one attached hydrogen (secondary N) is 1. The van der Waals surface area contributed by atoms with Gasteiger partial charge in [0.25, 0.3) is 0 Å². The van der Waals surface area contributed by atoms with E-state index >= 15 is 0 Å². The molecule has 1 saturated carbocycles. The summed E-state index contributed by atoms with van der Waals surface area (Å²) in [6.07, 6.45) is 4.53. The van der Waals surface area contributed by atoms with E-state index in [2.05, 4.69) is 12.2 Å². The quantitative estimate of drug-likeness (QED) is 0.632. The fraction of sp³-hybridized carbons (Fsp3) is 0.923. The average molecular weight is 258 g/mol. The third-order valence-corrected chi connectivity index (χ3v) is 3.59. The zero-order valence-corrected chi connectivity index (χ0v) is 11.5. The molecule has 0 aromatic heterocycles. The monoisotopic (exact) mass is 258 g/mol. The van der Waals surface area contributed by atoms with Crippen LogP contribution < -0.4 is 11.1 Å². The lowest BCUT2D eigenvalue weighted by Gasteiger charge is -2.38. The van der Waals surface area contributed by atoms with Crippen LogP contribution in [0.1, 0.15) is 39.0 Å². The van der Waals surface area contributed by atoms with Crippen molar-refractivity contribution in [2.45, 2.75) is 50.7 Å². The summed E-state index contributed by atoms with van der Waals surface area (Å²) in [6.45, 7) is 4.06. The minimum absolute atomic E-state index is 0.101. The van der Waals surface area contributed by atoms with E-state index in [-0.39, 0.29) is 12.0 Å². The molecule has 0 aromatic rings. The molecule has 1 aliphatic rings. The molecule has 18 heavy (non-hydrogen) atoms. The smallest absolute Gasteiger partial charge is 0.237 e. The Hall–Kier alpha value is -0.650. The maximum absolute atomic E-state index is 11.5. The second-order valence-corrected chi connectivity index (χ2v) is 4.90. The van der Waals surface area contributed by atoms with Gasteiger partial charge in [-0.2, -0.15) is 0 Å². The lowest BCUT2D eigenvalue weighted by atomic mass is 9.79. The molecule has 0 radical (unpaired) electrons. The number of carbonyl (C=O) groups excluding carboxylic acids is 1. The first-order valence-corrected chi connectivity index (χ1v) is 6.83. The highest BCUT2D eigenvalue weighted by molar-refractivity contribution is 5.84. The average Bonchev–Trinajstić information content (AvgIpc) is 2.38. The second kappa shape index (κ2) is 7.71. The lowest BCUT2D eigenvalue weighted by molar-refractivity contribution is -0.128. The van der Waals surface area contributed by atoms with Gasteiger partial charge in [-0.1, -0.05) is 6.92 Å². The molecule has 106 valence electrons. The van der Waals surface area contributed by atoms with Crippen molar-refractivity contribution in [2.24, 2.45) is 5.73 Å². The molecule has 2 atom stereocenters. The van der Waals surface area contributed by atoms with Crippen molar-refractivity contribution >= 4 is 5.91 Å². The Labute approximate surface area is 109 Å². The van der Waals surface area contributed by atoms with Gasteiger partial charge >= 0.3 is 0 Å². The molecule has 5 nitrogen and oxygen atoms in total. The van der Waals surface area contributed by atoms with Gasteiger partial charge in [0.15, 0.2) is 0 Å². The van der Waals surface area contributed by atoms with Gasteiger partial charge in [-0.05, 0) is 32.7 Å². The molecule has 0 saturated heterocycles. The Morgan fingerprint density at radius 3 is 2.83 bits per heavy atom. The molecule has 0 bridgehead atoms. The zero-order valence-electron chi connectivity index (χ0n) is 11.5. The van der Waals surface area contributed by atoms with Crippen LogP contribution in [0.2, 0.25) is 0 Å². The van der Waals surface area contributed by atoms with E-state index in [1.165, 1.54) is 0 Å². The third kappa shape index (κ3) is 4.23. The Balaban J connectivity index is 2.32. The summed E-state index contributed by atoms with van der Waals surface area (Å²) in [7, 11) is 1.79. The highest BCUT2D eigenvalue weighted by Crippen LogP contribution is 2.29. The number of likely N-dealkylation sites (N-methyl/N-ethyl adjacent to an activating group) is 1. The van der Waals surface area contributed by atoms with E-state index in [9.17, 15) is 4.79 Å². The lowest BCUT2D eigenvalue weighted by Crippen LogP contribution is -2.57. The number of rotatable bonds is 8. The van der Waals surface area contributed by atoms with Crippen molar-refractivity contribution in [3.8, 4) is 0 Å². The van der Waals surface area contributed by atoms with Crippen molar-refractivity contribution in [1.29, 1.82) is 0 Å². The SMILES string of the molecule is CCCOCCOC1CCCC(NC)(C(N)=O)C1. The summed E-state index contributed by atoms with van der Waals surface area (Å²) in [5, 5.41) is 3.07. The highest BCUT2D eigenvalue weighted by Gasteiger charge is 2.40. The molecule has 1 aliphatic carbocycles. The molecule has 0 heterocycles. The Bertz CT molecular complexity index is 261. The summed E-state index contributed by atoms with van der Waals surface area (Å²) < 4.78 is 11.1. The minimum Gasteiger partial charge on any atom is -0.379 e. The molecule has 2 unspecified atom stereocenters. The van der Waals surface area contributed by atoms with Crippen LogP contribution in [0.4, 0.5) is 0 Å². The van der Waals surface area contributed by atoms with Crippen molar-refractivity contribution in [3.63, 3.8) is 0 Å². The van der Waals surface area contributed by atoms with E-state index in [0.29, 0.717) is 19.6 Å². The van der Waals surface area contributed by atoms with E-state index in [1.54, 1.807) is 7.05 Å². The Kier molecular flexibility index (Phi) is 6.60. The van der Waals surface area contributed by atoms with E-state index in [4.69, 9.17) is 15.2 Å². The van der Waals surface area contributed by atoms with Crippen LogP contribution in [0, 0.1) is 0 Å². The highest BCUT2D eigenvalue weighted by atomic mass is 16.5. The summed E-state index contributed by atoms with van der Waals surface area (Å²) >= 11 is 0. The zero-order chi connectivity index (χ0) is 13.4. The van der Waals surface area contributed by atoms with E-state index in [1.807, 2.05) is 0 Å². The summed E-state index contributed by atoms with van der Waals surface area (Å²) in [5.41, 5.74) is 4.90.